The maximum absolute atomic E-state index is 10.6. The zero-order valence-corrected chi connectivity index (χ0v) is 33.2. The van der Waals surface area contributed by atoms with Gasteiger partial charge < -0.3 is 4.57 Å². The normalized spacial score (nSPS) is 13.8. The van der Waals surface area contributed by atoms with E-state index in [4.69, 9.17) is 0 Å². The Hall–Kier alpha value is -8.24. The molecule has 1 aliphatic carbocycles. The first-order valence-corrected chi connectivity index (χ1v) is 20.7. The van der Waals surface area contributed by atoms with Gasteiger partial charge in [0.05, 0.1) is 39.3 Å². The van der Waals surface area contributed by atoms with Crippen molar-refractivity contribution in [1.29, 1.82) is 10.5 Å². The number of hydrogen-bond donors (Lipinski definition) is 0. The summed E-state index contributed by atoms with van der Waals surface area (Å²) in [6.45, 7) is 0. The van der Waals surface area contributed by atoms with E-state index in [9.17, 15) is 10.5 Å². The van der Waals surface area contributed by atoms with E-state index < -0.39 is 5.41 Å². The predicted molar refractivity (Wildman–Crippen MR) is 247 cm³/mol. The zero-order valence-electron chi connectivity index (χ0n) is 33.2. The van der Waals surface area contributed by atoms with E-state index in [1.165, 1.54) is 38.9 Å². The summed E-state index contributed by atoms with van der Waals surface area (Å²) in [5.41, 5.74) is 16.5. The van der Waals surface area contributed by atoms with Crippen LogP contribution in [-0.4, -0.2) is 4.57 Å². The highest BCUT2D eigenvalue weighted by Gasteiger charge is 2.46. The van der Waals surface area contributed by atoms with Gasteiger partial charge in [-0.15, -0.1) is 0 Å². The second kappa shape index (κ2) is 14.5. The lowest BCUT2D eigenvalue weighted by molar-refractivity contribution is 0.681. The molecular formula is C58H37N3. The molecule has 284 valence electrons. The van der Waals surface area contributed by atoms with Gasteiger partial charge in [0.25, 0.3) is 0 Å². The minimum absolute atomic E-state index is 0.0579. The molecule has 10 aromatic rings. The first-order chi connectivity index (χ1) is 30.2. The van der Waals surface area contributed by atoms with E-state index in [1.54, 1.807) is 0 Å². The van der Waals surface area contributed by atoms with Crippen LogP contribution < -0.4 is 0 Å². The number of nitriles is 2. The smallest absolute Gasteiger partial charge is 0.101 e. The third kappa shape index (κ3) is 5.56. The van der Waals surface area contributed by atoms with Gasteiger partial charge >= 0.3 is 0 Å². The van der Waals surface area contributed by atoms with Crippen LogP contribution in [-0.2, 0) is 5.41 Å². The first-order valence-electron chi connectivity index (χ1n) is 20.7. The number of hydrogen-bond acceptors (Lipinski definition) is 2. The Balaban J connectivity index is 1.11. The van der Waals surface area contributed by atoms with Crippen molar-refractivity contribution in [3.63, 3.8) is 0 Å². The number of benzene rings is 9. The van der Waals surface area contributed by atoms with Gasteiger partial charge in [0.2, 0.25) is 0 Å². The fourth-order valence-corrected chi connectivity index (χ4v) is 10.1. The molecule has 0 amide bonds. The molecule has 11 rings (SSSR count). The topological polar surface area (TPSA) is 52.5 Å². The molecule has 9 aromatic carbocycles. The zero-order chi connectivity index (χ0) is 40.9. The van der Waals surface area contributed by atoms with Gasteiger partial charge in [0.1, 0.15) is 6.07 Å². The Labute approximate surface area is 355 Å². The molecule has 1 aromatic heterocycles. The highest BCUT2D eigenvalue weighted by Crippen LogP contribution is 2.56. The van der Waals surface area contributed by atoms with Crippen LogP contribution in [0.3, 0.4) is 0 Å². The minimum atomic E-state index is -0.571. The Kier molecular flexibility index (Phi) is 8.56. The van der Waals surface area contributed by atoms with Gasteiger partial charge in [0, 0.05) is 22.3 Å². The van der Waals surface area contributed by atoms with Crippen molar-refractivity contribution >= 4 is 21.8 Å². The quantitative estimate of drug-likeness (QED) is 0.169. The van der Waals surface area contributed by atoms with E-state index >= 15 is 0 Å². The maximum Gasteiger partial charge on any atom is 0.101 e. The molecule has 3 heteroatoms. The van der Waals surface area contributed by atoms with Crippen LogP contribution in [0.5, 0.6) is 0 Å². The third-order valence-corrected chi connectivity index (χ3v) is 12.7. The molecule has 3 nitrogen and oxygen atoms in total. The molecule has 0 saturated carbocycles. The standard InChI is InChI=1S/C58H37N3/c59-37-39-27-34-55-51(35-39)48-22-11-13-26-54(48)61(55)57-44(38-60)17-14-24-47(57)41-30-28-40(29-31-41)43-32-33-50-53(36-43)58(45-18-6-2-7-19-45,46-20-8-3-9-21-46)52-25-12-10-23-49(52)56(50)42-15-4-1-5-16-42/h1-36,56H. The van der Waals surface area contributed by atoms with Crippen molar-refractivity contribution in [3.05, 3.63) is 268 Å². The van der Waals surface area contributed by atoms with Gasteiger partial charge in [-0.25, -0.2) is 0 Å². The molecule has 1 heterocycles. The maximum atomic E-state index is 10.6. The van der Waals surface area contributed by atoms with Crippen LogP contribution in [0.15, 0.2) is 218 Å². The first kappa shape index (κ1) is 35.9. The predicted octanol–water partition coefficient (Wildman–Crippen LogP) is 13.7. The van der Waals surface area contributed by atoms with Crippen molar-refractivity contribution < 1.29 is 0 Å². The van der Waals surface area contributed by atoms with Gasteiger partial charge in [-0.3, -0.25) is 0 Å². The highest BCUT2D eigenvalue weighted by molar-refractivity contribution is 6.10. The molecule has 0 bridgehead atoms. The SMILES string of the molecule is N#Cc1ccc2c(c1)c1ccccc1n2-c1c(C#N)cccc1-c1ccc(-c2ccc3c(c2)C(c2ccccc2)(c2ccccc2)c2ccccc2C3c2ccccc2)cc1. The van der Waals surface area contributed by atoms with Crippen molar-refractivity contribution in [2.75, 3.05) is 0 Å². The second-order valence-corrected chi connectivity index (χ2v) is 15.8. The summed E-state index contributed by atoms with van der Waals surface area (Å²) < 4.78 is 2.19. The number of rotatable bonds is 6. The highest BCUT2D eigenvalue weighted by atomic mass is 15.0. The Morgan fingerprint density at radius 3 is 1.75 bits per heavy atom. The summed E-state index contributed by atoms with van der Waals surface area (Å²) in [5, 5.41) is 22.3. The van der Waals surface area contributed by atoms with Gasteiger partial charge in [-0.05, 0) is 92.0 Å². The van der Waals surface area contributed by atoms with Crippen LogP contribution in [0, 0.1) is 22.7 Å². The largest absolute Gasteiger partial charge is 0.307 e. The van der Waals surface area contributed by atoms with Crippen LogP contribution >= 0.6 is 0 Å². The van der Waals surface area contributed by atoms with Gasteiger partial charge in [-0.1, -0.05) is 182 Å². The average Bonchev–Trinajstić information content (AvgIpc) is 3.66. The van der Waals surface area contributed by atoms with Crippen molar-refractivity contribution in [3.8, 4) is 40.1 Å². The molecule has 0 fully saturated rings. The van der Waals surface area contributed by atoms with E-state index in [1.807, 2.05) is 42.5 Å². The lowest BCUT2D eigenvalue weighted by Gasteiger charge is -2.45. The molecule has 0 N–H and O–H groups in total. The molecule has 0 aliphatic heterocycles. The Morgan fingerprint density at radius 1 is 0.426 bits per heavy atom. The molecule has 1 unspecified atom stereocenters. The fraction of sp³-hybridized carbons (Fsp3) is 0.0345. The number of fused-ring (bicyclic) bond motifs is 5. The molecule has 1 aliphatic rings. The molecule has 1 atom stereocenters. The molecule has 0 radical (unpaired) electrons. The molecule has 0 spiro atoms. The summed E-state index contributed by atoms with van der Waals surface area (Å²) in [4.78, 5) is 0. The van der Waals surface area contributed by atoms with Crippen molar-refractivity contribution in [2.24, 2.45) is 0 Å². The van der Waals surface area contributed by atoms with Crippen LogP contribution in [0.25, 0.3) is 49.7 Å². The molecule has 61 heavy (non-hydrogen) atoms. The van der Waals surface area contributed by atoms with E-state index in [-0.39, 0.29) is 5.92 Å². The lowest BCUT2D eigenvalue weighted by atomic mass is 9.56. The van der Waals surface area contributed by atoms with Crippen LogP contribution in [0.4, 0.5) is 0 Å². The summed E-state index contributed by atoms with van der Waals surface area (Å²) in [7, 11) is 0. The molecular weight excluding hydrogens is 739 g/mol. The second-order valence-electron chi connectivity index (χ2n) is 15.8. The lowest BCUT2D eigenvalue weighted by Crippen LogP contribution is -2.37. The summed E-state index contributed by atoms with van der Waals surface area (Å²) in [6.07, 6.45) is 0. The summed E-state index contributed by atoms with van der Waals surface area (Å²) >= 11 is 0. The van der Waals surface area contributed by atoms with Gasteiger partial charge in [0.15, 0.2) is 0 Å². The van der Waals surface area contributed by atoms with Crippen LogP contribution in [0.1, 0.15) is 56.0 Å². The van der Waals surface area contributed by atoms with Crippen LogP contribution in [0.2, 0.25) is 0 Å². The Bertz CT molecular complexity index is 3330. The van der Waals surface area contributed by atoms with E-state index in [0.29, 0.717) is 11.1 Å². The monoisotopic (exact) mass is 775 g/mol. The Morgan fingerprint density at radius 2 is 1.03 bits per heavy atom. The number of nitrogens with zero attached hydrogens (tertiary/aromatic N) is 3. The minimum Gasteiger partial charge on any atom is -0.307 e. The fourth-order valence-electron chi connectivity index (χ4n) is 10.1. The van der Waals surface area contributed by atoms with Crippen molar-refractivity contribution in [1.82, 2.24) is 4.57 Å². The number of aromatic nitrogens is 1. The summed E-state index contributed by atoms with van der Waals surface area (Å²) in [6, 6.07) is 82.5. The average molecular weight is 776 g/mol. The van der Waals surface area contributed by atoms with Crippen molar-refractivity contribution in [2.45, 2.75) is 11.3 Å². The molecule has 0 saturated heterocycles. The van der Waals surface area contributed by atoms with E-state index in [2.05, 4.69) is 193 Å². The van der Waals surface area contributed by atoms with Gasteiger partial charge in [-0.2, -0.15) is 10.5 Å². The number of para-hydroxylation sites is 2. The van der Waals surface area contributed by atoms with E-state index in [0.717, 1.165) is 49.7 Å². The third-order valence-electron chi connectivity index (χ3n) is 12.7. The summed E-state index contributed by atoms with van der Waals surface area (Å²) in [5.74, 6) is 0.0579.